The number of hydrogen-bond acceptors (Lipinski definition) is 4. The zero-order valence-electron chi connectivity index (χ0n) is 18.4. The Morgan fingerprint density at radius 2 is 1.53 bits per heavy atom. The highest BCUT2D eigenvalue weighted by molar-refractivity contribution is 8.02. The third-order valence-corrected chi connectivity index (χ3v) is 8.16. The highest BCUT2D eigenvalue weighted by atomic mass is 32.2. The second-order valence-corrected chi connectivity index (χ2v) is 10.7. The van der Waals surface area contributed by atoms with E-state index in [1.165, 1.54) is 0 Å². The molecule has 0 amide bonds. The van der Waals surface area contributed by atoms with E-state index in [0.717, 1.165) is 28.9 Å². The van der Waals surface area contributed by atoms with Gasteiger partial charge in [-0.25, -0.2) is 8.42 Å². The molecule has 0 fully saturated rings. The van der Waals surface area contributed by atoms with E-state index in [0.29, 0.717) is 35.2 Å². The molecule has 5 heteroatoms. The SMILES string of the molecule is Cc1ccc(S(=O)(=O)/C(=C/CCCCOCc2ccccc2)CSc2ccccc2)cc1. The lowest BCUT2D eigenvalue weighted by Gasteiger charge is -2.10. The zero-order valence-corrected chi connectivity index (χ0v) is 20.1. The number of sulfone groups is 1. The molecule has 3 nitrogen and oxygen atoms in total. The van der Waals surface area contributed by atoms with E-state index in [1.54, 1.807) is 23.9 Å². The predicted octanol–water partition coefficient (Wildman–Crippen LogP) is 6.83. The van der Waals surface area contributed by atoms with Gasteiger partial charge in [0.15, 0.2) is 0 Å². The van der Waals surface area contributed by atoms with E-state index in [4.69, 9.17) is 4.74 Å². The summed E-state index contributed by atoms with van der Waals surface area (Å²) < 4.78 is 32.3. The maximum atomic E-state index is 13.3. The van der Waals surface area contributed by atoms with Crippen LogP contribution in [0.1, 0.15) is 30.4 Å². The number of aryl methyl sites for hydroxylation is 1. The topological polar surface area (TPSA) is 43.4 Å². The maximum Gasteiger partial charge on any atom is 0.203 e. The minimum absolute atomic E-state index is 0.356. The lowest BCUT2D eigenvalue weighted by Crippen LogP contribution is -2.07. The van der Waals surface area contributed by atoms with Gasteiger partial charge in [-0.15, -0.1) is 11.8 Å². The largest absolute Gasteiger partial charge is 0.377 e. The number of thioether (sulfide) groups is 1. The molecule has 0 spiro atoms. The number of ether oxygens (including phenoxy) is 1. The van der Waals surface area contributed by atoms with Crippen LogP contribution in [0.25, 0.3) is 0 Å². The molecular weight excluding hydrogens is 436 g/mol. The molecule has 0 radical (unpaired) electrons. The van der Waals surface area contributed by atoms with Crippen molar-refractivity contribution in [2.24, 2.45) is 0 Å². The van der Waals surface area contributed by atoms with Crippen LogP contribution in [0.2, 0.25) is 0 Å². The Kier molecular flexibility index (Phi) is 9.60. The quantitative estimate of drug-likeness (QED) is 0.217. The van der Waals surface area contributed by atoms with Crippen LogP contribution < -0.4 is 0 Å². The lowest BCUT2D eigenvalue weighted by atomic mass is 10.2. The van der Waals surface area contributed by atoms with Gasteiger partial charge in [0.1, 0.15) is 0 Å². The normalized spacial score (nSPS) is 12.1. The van der Waals surface area contributed by atoms with Crippen molar-refractivity contribution < 1.29 is 13.2 Å². The second-order valence-electron chi connectivity index (χ2n) is 7.62. The van der Waals surface area contributed by atoms with Crippen LogP contribution in [0.3, 0.4) is 0 Å². The van der Waals surface area contributed by atoms with Gasteiger partial charge in [-0.2, -0.15) is 0 Å². The summed E-state index contributed by atoms with van der Waals surface area (Å²) in [6, 6.07) is 27.1. The van der Waals surface area contributed by atoms with Crippen LogP contribution >= 0.6 is 11.8 Å². The van der Waals surface area contributed by atoms with Crippen molar-refractivity contribution >= 4 is 21.6 Å². The first kappa shape index (κ1) is 24.3. The Hall–Kier alpha value is -2.34. The molecular formula is C27H30O3S2. The van der Waals surface area contributed by atoms with Gasteiger partial charge in [0.25, 0.3) is 0 Å². The number of rotatable bonds is 12. The zero-order chi connectivity index (χ0) is 22.7. The summed E-state index contributed by atoms with van der Waals surface area (Å²) in [6.45, 7) is 3.23. The molecule has 3 aromatic rings. The molecule has 0 bridgehead atoms. The van der Waals surface area contributed by atoms with Gasteiger partial charge < -0.3 is 4.74 Å². The van der Waals surface area contributed by atoms with Gasteiger partial charge in [0, 0.05) is 17.3 Å². The van der Waals surface area contributed by atoms with E-state index in [2.05, 4.69) is 12.1 Å². The van der Waals surface area contributed by atoms with Crippen molar-refractivity contribution in [1.82, 2.24) is 0 Å². The fourth-order valence-electron chi connectivity index (χ4n) is 3.16. The minimum Gasteiger partial charge on any atom is -0.377 e. The average molecular weight is 467 g/mol. The van der Waals surface area contributed by atoms with Crippen LogP contribution in [-0.4, -0.2) is 20.8 Å². The molecule has 0 aliphatic carbocycles. The highest BCUT2D eigenvalue weighted by Gasteiger charge is 2.20. The van der Waals surface area contributed by atoms with Gasteiger partial charge in [0.05, 0.1) is 16.4 Å². The first-order valence-electron chi connectivity index (χ1n) is 10.9. The summed E-state index contributed by atoms with van der Waals surface area (Å²) in [5.74, 6) is 0.421. The molecule has 0 saturated carbocycles. The molecule has 3 aromatic carbocycles. The lowest BCUT2D eigenvalue weighted by molar-refractivity contribution is 0.117. The first-order chi connectivity index (χ1) is 15.6. The molecule has 0 aromatic heterocycles. The Morgan fingerprint density at radius 3 is 2.22 bits per heavy atom. The summed E-state index contributed by atoms with van der Waals surface area (Å²) >= 11 is 1.55. The Labute approximate surface area is 196 Å². The molecule has 32 heavy (non-hydrogen) atoms. The van der Waals surface area contributed by atoms with Crippen LogP contribution in [0.4, 0.5) is 0 Å². The molecule has 0 atom stereocenters. The summed E-state index contributed by atoms with van der Waals surface area (Å²) in [7, 11) is -3.51. The minimum atomic E-state index is -3.51. The molecule has 0 unspecified atom stereocenters. The average Bonchev–Trinajstić information content (AvgIpc) is 2.82. The summed E-state index contributed by atoms with van der Waals surface area (Å²) in [6.07, 6.45) is 4.39. The Morgan fingerprint density at radius 1 is 0.875 bits per heavy atom. The van der Waals surface area contributed by atoms with E-state index >= 15 is 0 Å². The first-order valence-corrected chi connectivity index (χ1v) is 13.3. The fourth-order valence-corrected chi connectivity index (χ4v) is 5.87. The van der Waals surface area contributed by atoms with Crippen LogP contribution in [0, 0.1) is 6.92 Å². The third-order valence-electron chi connectivity index (χ3n) is 5.03. The van der Waals surface area contributed by atoms with Crippen LogP contribution in [0.5, 0.6) is 0 Å². The molecule has 0 aliphatic heterocycles. The summed E-state index contributed by atoms with van der Waals surface area (Å²) in [4.78, 5) is 1.89. The fraction of sp³-hybridized carbons (Fsp3) is 0.259. The van der Waals surface area contributed by atoms with Crippen molar-refractivity contribution in [1.29, 1.82) is 0 Å². The van der Waals surface area contributed by atoms with E-state index in [-0.39, 0.29) is 0 Å². The smallest absolute Gasteiger partial charge is 0.203 e. The summed E-state index contributed by atoms with van der Waals surface area (Å²) in [5, 5.41) is 0. The van der Waals surface area contributed by atoms with Crippen LogP contribution in [0.15, 0.2) is 106 Å². The standard InChI is InChI=1S/C27H30O3S2/c1-23-16-18-26(19-17-23)32(28,29)27(22-31-25-13-7-3-8-14-25)15-9-4-10-20-30-21-24-11-5-2-6-12-24/h2-3,5-8,11-19H,4,9-10,20-22H2,1H3/b27-15+. The Bertz CT molecular complexity index is 1070. The van der Waals surface area contributed by atoms with Crippen molar-refractivity contribution in [2.75, 3.05) is 12.4 Å². The maximum absolute atomic E-state index is 13.3. The molecule has 0 aliphatic rings. The monoisotopic (exact) mass is 466 g/mol. The van der Waals surface area contributed by atoms with Crippen molar-refractivity contribution in [3.63, 3.8) is 0 Å². The predicted molar refractivity (Wildman–Crippen MR) is 134 cm³/mol. The van der Waals surface area contributed by atoms with Crippen LogP contribution in [-0.2, 0) is 21.2 Å². The van der Waals surface area contributed by atoms with Gasteiger partial charge >= 0.3 is 0 Å². The van der Waals surface area contributed by atoms with E-state index in [1.807, 2.05) is 73.7 Å². The molecule has 3 rings (SSSR count). The number of unbranched alkanes of at least 4 members (excludes halogenated alkanes) is 2. The summed E-state index contributed by atoms with van der Waals surface area (Å²) in [5.41, 5.74) is 2.21. The highest BCUT2D eigenvalue weighted by Crippen LogP contribution is 2.27. The Balaban J connectivity index is 1.58. The molecule has 0 heterocycles. The van der Waals surface area contributed by atoms with Gasteiger partial charge in [0.2, 0.25) is 9.84 Å². The van der Waals surface area contributed by atoms with Gasteiger partial charge in [-0.05, 0) is 56.0 Å². The van der Waals surface area contributed by atoms with Gasteiger partial charge in [-0.3, -0.25) is 0 Å². The van der Waals surface area contributed by atoms with E-state index in [9.17, 15) is 8.42 Å². The molecule has 0 N–H and O–H groups in total. The molecule has 0 saturated heterocycles. The number of benzene rings is 3. The second kappa shape index (κ2) is 12.6. The van der Waals surface area contributed by atoms with Crippen molar-refractivity contribution in [3.8, 4) is 0 Å². The van der Waals surface area contributed by atoms with E-state index < -0.39 is 9.84 Å². The number of hydrogen-bond donors (Lipinski definition) is 0. The third kappa shape index (κ3) is 7.66. The van der Waals surface area contributed by atoms with Gasteiger partial charge in [-0.1, -0.05) is 72.3 Å². The molecule has 168 valence electrons. The van der Waals surface area contributed by atoms with Crippen molar-refractivity contribution in [2.45, 2.75) is 42.6 Å². The van der Waals surface area contributed by atoms with Crippen molar-refractivity contribution in [3.05, 3.63) is 107 Å². The number of allylic oxidation sites excluding steroid dienone is 1.